The average Bonchev–Trinajstić information content (AvgIpc) is 2.85. The lowest BCUT2D eigenvalue weighted by Crippen LogP contribution is -2.41. The molecule has 2 amide bonds. The van der Waals surface area contributed by atoms with Crippen LogP contribution in [0.2, 0.25) is 0 Å². The molecule has 1 saturated heterocycles. The molecule has 1 aliphatic heterocycles. The van der Waals surface area contributed by atoms with Crippen LogP contribution in [0.5, 0.6) is 0 Å². The zero-order valence-corrected chi connectivity index (χ0v) is 13.2. The Morgan fingerprint density at radius 3 is 2.42 bits per heavy atom. The molecular weight excluding hydrogens is 318 g/mol. The van der Waals surface area contributed by atoms with Crippen molar-refractivity contribution < 1.29 is 13.6 Å². The van der Waals surface area contributed by atoms with E-state index in [1.54, 1.807) is 16.5 Å². The van der Waals surface area contributed by atoms with Gasteiger partial charge in [0.15, 0.2) is 0 Å². The SMILES string of the molecule is Cc1nc(N)n(C2CCN(C(=O)Nc3cc(F)cc(F)c3)CC2)n1. The number of likely N-dealkylation sites (tertiary alicyclic amines) is 1. The van der Waals surface area contributed by atoms with Gasteiger partial charge in [0.1, 0.15) is 17.5 Å². The number of nitrogen functional groups attached to an aromatic ring is 1. The monoisotopic (exact) mass is 336 g/mol. The molecule has 1 aromatic heterocycles. The third-order valence-corrected chi connectivity index (χ3v) is 3.97. The first-order chi connectivity index (χ1) is 11.4. The maximum Gasteiger partial charge on any atom is 0.321 e. The van der Waals surface area contributed by atoms with Crippen molar-refractivity contribution in [3.63, 3.8) is 0 Å². The highest BCUT2D eigenvalue weighted by Gasteiger charge is 2.26. The molecule has 1 fully saturated rings. The van der Waals surface area contributed by atoms with E-state index in [9.17, 15) is 13.6 Å². The van der Waals surface area contributed by atoms with Gasteiger partial charge in [0.05, 0.1) is 6.04 Å². The molecule has 0 aliphatic carbocycles. The Hall–Kier alpha value is -2.71. The third kappa shape index (κ3) is 3.44. The van der Waals surface area contributed by atoms with Crippen LogP contribution < -0.4 is 11.1 Å². The number of nitrogens with zero attached hydrogens (tertiary/aromatic N) is 4. The lowest BCUT2D eigenvalue weighted by Gasteiger charge is -2.32. The number of carbonyl (C=O) groups excluding carboxylic acids is 1. The zero-order chi connectivity index (χ0) is 17.3. The van der Waals surface area contributed by atoms with Crippen molar-refractivity contribution in [1.29, 1.82) is 0 Å². The van der Waals surface area contributed by atoms with Crippen molar-refractivity contribution in [2.45, 2.75) is 25.8 Å². The summed E-state index contributed by atoms with van der Waals surface area (Å²) in [4.78, 5) is 17.9. The molecule has 2 heterocycles. The van der Waals surface area contributed by atoms with E-state index in [0.717, 1.165) is 18.2 Å². The van der Waals surface area contributed by atoms with Gasteiger partial charge in [-0.05, 0) is 31.9 Å². The molecule has 0 unspecified atom stereocenters. The summed E-state index contributed by atoms with van der Waals surface area (Å²) in [5, 5.41) is 6.78. The summed E-state index contributed by atoms with van der Waals surface area (Å²) in [6.45, 7) is 2.76. The topological polar surface area (TPSA) is 89.1 Å². The van der Waals surface area contributed by atoms with Crippen LogP contribution in [0, 0.1) is 18.6 Å². The molecule has 24 heavy (non-hydrogen) atoms. The Morgan fingerprint density at radius 2 is 1.88 bits per heavy atom. The van der Waals surface area contributed by atoms with Crippen LogP contribution in [-0.4, -0.2) is 38.8 Å². The number of carbonyl (C=O) groups is 1. The first kappa shape index (κ1) is 16.2. The Kier molecular flexibility index (Phi) is 4.32. The summed E-state index contributed by atoms with van der Waals surface area (Å²) in [5.41, 5.74) is 5.92. The minimum absolute atomic E-state index is 0.0851. The Labute approximate surface area is 137 Å². The summed E-state index contributed by atoms with van der Waals surface area (Å²) in [6, 6.07) is 2.60. The van der Waals surface area contributed by atoms with Crippen molar-refractivity contribution in [2.24, 2.45) is 0 Å². The first-order valence-corrected chi connectivity index (χ1v) is 7.63. The number of aryl methyl sites for hydroxylation is 1. The van der Waals surface area contributed by atoms with Gasteiger partial charge in [0, 0.05) is 24.8 Å². The van der Waals surface area contributed by atoms with Crippen molar-refractivity contribution >= 4 is 17.7 Å². The number of nitrogens with one attached hydrogen (secondary N) is 1. The van der Waals surface area contributed by atoms with E-state index < -0.39 is 11.6 Å². The number of hydrogen-bond acceptors (Lipinski definition) is 4. The number of urea groups is 1. The van der Waals surface area contributed by atoms with Gasteiger partial charge in [-0.15, -0.1) is 0 Å². The minimum atomic E-state index is -0.735. The number of benzene rings is 1. The number of hydrogen-bond donors (Lipinski definition) is 2. The summed E-state index contributed by atoms with van der Waals surface area (Å²) in [5.74, 6) is -0.492. The van der Waals surface area contributed by atoms with Crippen LogP contribution >= 0.6 is 0 Å². The van der Waals surface area contributed by atoms with Gasteiger partial charge in [-0.25, -0.2) is 18.3 Å². The van der Waals surface area contributed by atoms with Gasteiger partial charge >= 0.3 is 6.03 Å². The smallest absolute Gasteiger partial charge is 0.321 e. The number of anilines is 2. The second-order valence-electron chi connectivity index (χ2n) is 5.77. The number of halogens is 2. The molecule has 128 valence electrons. The first-order valence-electron chi connectivity index (χ1n) is 7.63. The zero-order valence-electron chi connectivity index (χ0n) is 13.2. The van der Waals surface area contributed by atoms with Crippen LogP contribution in [0.15, 0.2) is 18.2 Å². The van der Waals surface area contributed by atoms with Crippen molar-refractivity contribution in [1.82, 2.24) is 19.7 Å². The van der Waals surface area contributed by atoms with Gasteiger partial charge < -0.3 is 16.0 Å². The normalized spacial score (nSPS) is 15.5. The van der Waals surface area contributed by atoms with E-state index in [4.69, 9.17) is 5.73 Å². The van der Waals surface area contributed by atoms with Gasteiger partial charge in [-0.2, -0.15) is 10.1 Å². The molecule has 0 saturated carbocycles. The second kappa shape index (κ2) is 6.42. The maximum absolute atomic E-state index is 13.2. The lowest BCUT2D eigenvalue weighted by molar-refractivity contribution is 0.181. The Morgan fingerprint density at radius 1 is 1.25 bits per heavy atom. The highest BCUT2D eigenvalue weighted by atomic mass is 19.1. The molecule has 1 aromatic carbocycles. The molecule has 3 rings (SSSR count). The van der Waals surface area contributed by atoms with Gasteiger partial charge in [-0.3, -0.25) is 0 Å². The summed E-state index contributed by atoms with van der Waals surface area (Å²) < 4.78 is 28.0. The van der Waals surface area contributed by atoms with Crippen molar-refractivity contribution in [2.75, 3.05) is 24.1 Å². The van der Waals surface area contributed by atoms with Crippen molar-refractivity contribution in [3.05, 3.63) is 35.7 Å². The van der Waals surface area contributed by atoms with E-state index in [0.29, 0.717) is 37.7 Å². The Balaban J connectivity index is 1.60. The van der Waals surface area contributed by atoms with E-state index in [1.807, 2.05) is 0 Å². The summed E-state index contributed by atoms with van der Waals surface area (Å²) >= 11 is 0. The highest BCUT2D eigenvalue weighted by molar-refractivity contribution is 5.89. The largest absolute Gasteiger partial charge is 0.368 e. The lowest BCUT2D eigenvalue weighted by atomic mass is 10.1. The van der Waals surface area contributed by atoms with Gasteiger partial charge in [0.25, 0.3) is 0 Å². The second-order valence-corrected chi connectivity index (χ2v) is 5.77. The molecule has 7 nitrogen and oxygen atoms in total. The number of piperidine rings is 1. The van der Waals surface area contributed by atoms with Crippen LogP contribution in [0.1, 0.15) is 24.7 Å². The molecule has 3 N–H and O–H groups in total. The predicted molar refractivity (Wildman–Crippen MR) is 84.4 cm³/mol. The van der Waals surface area contributed by atoms with Crippen LogP contribution in [0.25, 0.3) is 0 Å². The van der Waals surface area contributed by atoms with Crippen LogP contribution in [0.3, 0.4) is 0 Å². The predicted octanol–water partition coefficient (Wildman–Crippen LogP) is 2.32. The Bertz CT molecular complexity index is 734. The molecule has 1 aliphatic rings. The molecular formula is C15H18F2N6O. The molecule has 0 bridgehead atoms. The average molecular weight is 336 g/mol. The standard InChI is InChI=1S/C15H18F2N6O/c1-9-19-14(18)23(21-9)13-2-4-22(5-3-13)15(24)20-12-7-10(16)6-11(17)8-12/h6-8,13H,2-5H2,1H3,(H,20,24)(H2,18,19,21). The molecule has 0 spiro atoms. The molecule has 2 aromatic rings. The number of aromatic nitrogens is 3. The summed E-state index contributed by atoms with van der Waals surface area (Å²) in [6.07, 6.45) is 1.36. The van der Waals surface area contributed by atoms with Crippen molar-refractivity contribution in [3.8, 4) is 0 Å². The van der Waals surface area contributed by atoms with Gasteiger partial charge in [-0.1, -0.05) is 0 Å². The van der Waals surface area contributed by atoms with Crippen LogP contribution in [0.4, 0.5) is 25.2 Å². The molecule has 0 radical (unpaired) electrons. The highest BCUT2D eigenvalue weighted by Crippen LogP contribution is 2.24. The molecule has 9 heteroatoms. The fraction of sp³-hybridized carbons (Fsp3) is 0.400. The van der Waals surface area contributed by atoms with Crippen LogP contribution in [-0.2, 0) is 0 Å². The van der Waals surface area contributed by atoms with E-state index in [-0.39, 0.29) is 17.8 Å². The van der Waals surface area contributed by atoms with E-state index in [1.165, 1.54) is 0 Å². The number of amides is 2. The van der Waals surface area contributed by atoms with E-state index in [2.05, 4.69) is 15.4 Å². The summed E-state index contributed by atoms with van der Waals surface area (Å²) in [7, 11) is 0. The van der Waals surface area contributed by atoms with E-state index >= 15 is 0 Å². The number of rotatable bonds is 2. The maximum atomic E-state index is 13.2. The molecule has 0 atom stereocenters. The minimum Gasteiger partial charge on any atom is -0.368 e. The fourth-order valence-electron chi connectivity index (χ4n) is 2.86. The van der Waals surface area contributed by atoms with Gasteiger partial charge in [0.2, 0.25) is 5.95 Å². The third-order valence-electron chi connectivity index (χ3n) is 3.97. The quantitative estimate of drug-likeness (QED) is 0.881. The number of nitrogens with two attached hydrogens (primary N) is 1. The fourth-order valence-corrected chi connectivity index (χ4v) is 2.86.